The Morgan fingerprint density at radius 3 is 2.90 bits per heavy atom. The van der Waals surface area contributed by atoms with E-state index in [1.54, 1.807) is 0 Å². The molecule has 5 heteroatoms. The average molecular weight is 267 g/mol. The summed E-state index contributed by atoms with van der Waals surface area (Å²) in [4.78, 5) is 8.88. The standard InChI is InChI=1S/C15H17N5/c16-12-3-4-14-13(9-12)18-15(11-1-2-11)20(14)8-7-19-6-5-17-10-19/h3-6,9-11H,1-2,7-8,16H2. The minimum absolute atomic E-state index is 0.631. The number of aryl methyl sites for hydroxylation is 2. The van der Waals surface area contributed by atoms with E-state index < -0.39 is 0 Å². The molecule has 4 rings (SSSR count). The van der Waals surface area contributed by atoms with E-state index in [2.05, 4.69) is 20.2 Å². The molecule has 5 nitrogen and oxygen atoms in total. The highest BCUT2D eigenvalue weighted by Gasteiger charge is 2.29. The Morgan fingerprint density at radius 1 is 1.25 bits per heavy atom. The van der Waals surface area contributed by atoms with E-state index >= 15 is 0 Å². The van der Waals surface area contributed by atoms with E-state index in [0.717, 1.165) is 24.3 Å². The van der Waals surface area contributed by atoms with Crippen LogP contribution in [0, 0.1) is 0 Å². The monoisotopic (exact) mass is 267 g/mol. The van der Waals surface area contributed by atoms with Crippen molar-refractivity contribution < 1.29 is 0 Å². The van der Waals surface area contributed by atoms with Crippen molar-refractivity contribution in [3.63, 3.8) is 0 Å². The smallest absolute Gasteiger partial charge is 0.113 e. The van der Waals surface area contributed by atoms with E-state index in [4.69, 9.17) is 10.7 Å². The lowest BCUT2D eigenvalue weighted by Gasteiger charge is -2.09. The first-order valence-electron chi connectivity index (χ1n) is 7.02. The number of benzene rings is 1. The highest BCUT2D eigenvalue weighted by molar-refractivity contribution is 5.79. The molecule has 2 N–H and O–H groups in total. The molecule has 0 saturated heterocycles. The molecule has 102 valence electrons. The summed E-state index contributed by atoms with van der Waals surface area (Å²) >= 11 is 0. The van der Waals surface area contributed by atoms with Crippen LogP contribution in [0.4, 0.5) is 5.69 Å². The van der Waals surface area contributed by atoms with Crippen molar-refractivity contribution in [2.45, 2.75) is 31.8 Å². The molecule has 3 aromatic rings. The third-order valence-corrected chi connectivity index (χ3v) is 3.89. The van der Waals surface area contributed by atoms with Gasteiger partial charge in [0.2, 0.25) is 0 Å². The van der Waals surface area contributed by atoms with Gasteiger partial charge in [0.15, 0.2) is 0 Å². The zero-order valence-corrected chi connectivity index (χ0v) is 11.2. The normalized spacial score (nSPS) is 15.0. The minimum atomic E-state index is 0.631. The first-order valence-corrected chi connectivity index (χ1v) is 7.02. The zero-order valence-electron chi connectivity index (χ0n) is 11.2. The topological polar surface area (TPSA) is 61.7 Å². The number of anilines is 1. The van der Waals surface area contributed by atoms with Crippen LogP contribution in [-0.4, -0.2) is 19.1 Å². The maximum absolute atomic E-state index is 5.86. The van der Waals surface area contributed by atoms with Crippen LogP contribution in [0.5, 0.6) is 0 Å². The first kappa shape index (κ1) is 11.5. The van der Waals surface area contributed by atoms with Crippen LogP contribution < -0.4 is 5.73 Å². The van der Waals surface area contributed by atoms with Gasteiger partial charge in [0, 0.05) is 37.1 Å². The molecular formula is C15H17N5. The molecule has 0 spiro atoms. The quantitative estimate of drug-likeness (QED) is 0.738. The molecule has 1 aliphatic rings. The second kappa shape index (κ2) is 4.37. The number of nitrogen functional groups attached to an aromatic ring is 1. The second-order valence-electron chi connectivity index (χ2n) is 5.44. The minimum Gasteiger partial charge on any atom is -0.399 e. The molecule has 0 aliphatic heterocycles. The number of hydrogen-bond acceptors (Lipinski definition) is 3. The van der Waals surface area contributed by atoms with E-state index in [1.807, 2.05) is 30.9 Å². The van der Waals surface area contributed by atoms with Crippen molar-refractivity contribution in [2.75, 3.05) is 5.73 Å². The number of nitrogens with two attached hydrogens (primary N) is 1. The van der Waals surface area contributed by atoms with Gasteiger partial charge < -0.3 is 14.9 Å². The third kappa shape index (κ3) is 1.95. The lowest BCUT2D eigenvalue weighted by Crippen LogP contribution is -2.08. The van der Waals surface area contributed by atoms with Crippen LogP contribution in [0.2, 0.25) is 0 Å². The fourth-order valence-electron chi connectivity index (χ4n) is 2.69. The van der Waals surface area contributed by atoms with Gasteiger partial charge in [0.1, 0.15) is 5.82 Å². The Balaban J connectivity index is 1.73. The van der Waals surface area contributed by atoms with Crippen molar-refractivity contribution in [1.29, 1.82) is 0 Å². The molecule has 1 aromatic carbocycles. The number of aromatic nitrogens is 4. The number of nitrogens with zero attached hydrogens (tertiary/aromatic N) is 4. The highest BCUT2D eigenvalue weighted by atomic mass is 15.1. The van der Waals surface area contributed by atoms with E-state index in [9.17, 15) is 0 Å². The Bertz CT molecular complexity index is 737. The number of hydrogen-bond donors (Lipinski definition) is 1. The highest BCUT2D eigenvalue weighted by Crippen LogP contribution is 2.40. The van der Waals surface area contributed by atoms with Gasteiger partial charge in [-0.05, 0) is 31.0 Å². The summed E-state index contributed by atoms with van der Waals surface area (Å²) in [7, 11) is 0. The molecule has 0 amide bonds. The molecule has 0 bridgehead atoms. The van der Waals surface area contributed by atoms with Crippen molar-refractivity contribution in [3.8, 4) is 0 Å². The molecular weight excluding hydrogens is 250 g/mol. The number of rotatable bonds is 4. The van der Waals surface area contributed by atoms with Crippen LogP contribution in [-0.2, 0) is 13.1 Å². The predicted molar refractivity (Wildman–Crippen MR) is 78.3 cm³/mol. The van der Waals surface area contributed by atoms with Gasteiger partial charge in [0.05, 0.1) is 17.4 Å². The fraction of sp³-hybridized carbons (Fsp3) is 0.333. The number of imidazole rings is 2. The van der Waals surface area contributed by atoms with Gasteiger partial charge in [-0.3, -0.25) is 0 Å². The molecule has 1 saturated carbocycles. The van der Waals surface area contributed by atoms with Gasteiger partial charge in [-0.2, -0.15) is 0 Å². The van der Waals surface area contributed by atoms with Gasteiger partial charge in [-0.25, -0.2) is 9.97 Å². The molecule has 1 aliphatic carbocycles. The lowest BCUT2D eigenvalue weighted by molar-refractivity contribution is 0.570. The Labute approximate surface area is 117 Å². The van der Waals surface area contributed by atoms with E-state index in [0.29, 0.717) is 5.92 Å². The SMILES string of the molecule is Nc1ccc2c(c1)nc(C1CC1)n2CCn1ccnc1. The lowest BCUT2D eigenvalue weighted by atomic mass is 10.3. The molecule has 0 atom stereocenters. The zero-order chi connectivity index (χ0) is 13.5. The molecule has 20 heavy (non-hydrogen) atoms. The fourth-order valence-corrected chi connectivity index (χ4v) is 2.69. The molecule has 0 unspecified atom stereocenters. The van der Waals surface area contributed by atoms with Crippen molar-refractivity contribution >= 4 is 16.7 Å². The van der Waals surface area contributed by atoms with Crippen molar-refractivity contribution in [2.24, 2.45) is 0 Å². The summed E-state index contributed by atoms with van der Waals surface area (Å²) in [6.45, 7) is 1.83. The largest absolute Gasteiger partial charge is 0.399 e. The maximum Gasteiger partial charge on any atom is 0.113 e. The van der Waals surface area contributed by atoms with Crippen LogP contribution in [0.3, 0.4) is 0 Å². The molecule has 1 fully saturated rings. The van der Waals surface area contributed by atoms with E-state index in [-0.39, 0.29) is 0 Å². The summed E-state index contributed by atoms with van der Waals surface area (Å²) in [6.07, 6.45) is 8.17. The summed E-state index contributed by atoms with van der Waals surface area (Å²) in [6, 6.07) is 6.00. The number of fused-ring (bicyclic) bond motifs is 1. The summed E-state index contributed by atoms with van der Waals surface area (Å²) in [5.74, 6) is 1.84. The van der Waals surface area contributed by atoms with Crippen LogP contribution in [0.25, 0.3) is 11.0 Å². The van der Waals surface area contributed by atoms with Crippen molar-refractivity contribution in [3.05, 3.63) is 42.7 Å². The van der Waals surface area contributed by atoms with Gasteiger partial charge in [-0.1, -0.05) is 0 Å². The van der Waals surface area contributed by atoms with Crippen LogP contribution in [0.1, 0.15) is 24.6 Å². The average Bonchev–Trinajstić information content (AvgIpc) is 3.03. The Morgan fingerprint density at radius 2 is 2.15 bits per heavy atom. The second-order valence-corrected chi connectivity index (χ2v) is 5.44. The van der Waals surface area contributed by atoms with Crippen molar-refractivity contribution in [1.82, 2.24) is 19.1 Å². The van der Waals surface area contributed by atoms with Gasteiger partial charge in [0.25, 0.3) is 0 Å². The van der Waals surface area contributed by atoms with Crippen LogP contribution >= 0.6 is 0 Å². The Hall–Kier alpha value is -2.30. The van der Waals surface area contributed by atoms with Crippen LogP contribution in [0.15, 0.2) is 36.9 Å². The third-order valence-electron chi connectivity index (χ3n) is 3.89. The molecule has 0 radical (unpaired) electrons. The summed E-state index contributed by atoms with van der Waals surface area (Å²) < 4.78 is 4.44. The summed E-state index contributed by atoms with van der Waals surface area (Å²) in [5, 5.41) is 0. The van der Waals surface area contributed by atoms with Gasteiger partial charge in [-0.15, -0.1) is 0 Å². The van der Waals surface area contributed by atoms with E-state index in [1.165, 1.54) is 24.2 Å². The molecule has 2 aromatic heterocycles. The molecule has 2 heterocycles. The predicted octanol–water partition coefficient (Wildman–Crippen LogP) is 2.39. The maximum atomic E-state index is 5.86. The summed E-state index contributed by atoms with van der Waals surface area (Å²) in [5.41, 5.74) is 8.83. The van der Waals surface area contributed by atoms with Gasteiger partial charge >= 0.3 is 0 Å². The first-order chi connectivity index (χ1) is 9.81. The Kier molecular flexibility index (Phi) is 2.52.